The fourth-order valence-electron chi connectivity index (χ4n) is 5.99. The number of unbranched alkanes of at least 4 members (excludes halogenated alkanes) is 1. The van der Waals surface area contributed by atoms with Crippen LogP contribution in [0.5, 0.6) is 0 Å². The van der Waals surface area contributed by atoms with E-state index in [1.165, 1.54) is 26.7 Å². The Labute approximate surface area is 262 Å². The Kier molecular flexibility index (Phi) is 10.9. The summed E-state index contributed by atoms with van der Waals surface area (Å²) in [4.78, 5) is 31.0. The number of carbonyl (C=O) groups is 1. The van der Waals surface area contributed by atoms with Gasteiger partial charge in [0.1, 0.15) is 0 Å². The molecule has 10 nitrogen and oxygen atoms in total. The van der Waals surface area contributed by atoms with E-state index in [4.69, 9.17) is 14.5 Å². The number of amides is 1. The summed E-state index contributed by atoms with van der Waals surface area (Å²) in [6.07, 6.45) is 0.636. The fourth-order valence-corrected chi connectivity index (χ4v) is 11.3. The number of nitrogens with zero attached hydrogens (tertiary/aromatic N) is 1. The van der Waals surface area contributed by atoms with E-state index in [1.54, 1.807) is 18.3 Å². The van der Waals surface area contributed by atoms with E-state index in [-0.39, 0.29) is 5.91 Å². The second-order valence-corrected chi connectivity index (χ2v) is 16.4. The molecule has 0 bridgehead atoms. The quantitative estimate of drug-likeness (QED) is 0.0836. The molecule has 0 spiro atoms. The third-order valence-electron chi connectivity index (χ3n) is 8.19. The molecule has 5 rings (SSSR count). The molecule has 1 aromatic heterocycles. The van der Waals surface area contributed by atoms with E-state index in [9.17, 15) is 19.6 Å². The molecular weight excluding hydrogens is 614 g/mol. The van der Waals surface area contributed by atoms with Gasteiger partial charge >= 0.3 is 233 Å². The molecule has 238 valence electrons. The molecule has 2 heterocycles. The second-order valence-electron chi connectivity index (χ2n) is 11.1. The van der Waals surface area contributed by atoms with Gasteiger partial charge in [0.05, 0.1) is 6.61 Å². The molecule has 0 radical (unpaired) electrons. The van der Waals surface area contributed by atoms with Gasteiger partial charge in [-0.2, -0.15) is 0 Å². The minimum absolute atomic E-state index is 0.295. The average molecular weight is 654 g/mol. The fraction of sp³-hybridized carbons (Fsp3) is 0.273. The summed E-state index contributed by atoms with van der Waals surface area (Å²) in [5.41, 5.74) is 0.333. The number of aromatic nitrogens is 1. The van der Waals surface area contributed by atoms with Gasteiger partial charge in [0.15, 0.2) is 0 Å². The Hall–Kier alpha value is -3.30. The molecule has 4 aromatic rings. The summed E-state index contributed by atoms with van der Waals surface area (Å²) in [6.45, 7) is -0.137. The summed E-state index contributed by atoms with van der Waals surface area (Å²) in [5.74, 6) is -0.295. The van der Waals surface area contributed by atoms with Crippen LogP contribution in [0, 0.1) is 0 Å². The maximum atomic E-state index is 13.1. The van der Waals surface area contributed by atoms with Gasteiger partial charge in [-0.15, -0.1) is 0 Å². The van der Waals surface area contributed by atoms with Crippen molar-refractivity contribution in [3.8, 4) is 0 Å². The molecule has 45 heavy (non-hydrogen) atoms. The second kappa shape index (κ2) is 14.9. The number of benzene rings is 3. The van der Waals surface area contributed by atoms with Gasteiger partial charge in [-0.05, 0) is 0 Å². The van der Waals surface area contributed by atoms with Crippen LogP contribution < -0.4 is 25.8 Å². The molecule has 1 saturated heterocycles. The molecule has 4 atom stereocenters. The molecule has 1 aliphatic rings. The van der Waals surface area contributed by atoms with Crippen molar-refractivity contribution >= 4 is 36.9 Å². The van der Waals surface area contributed by atoms with Crippen molar-refractivity contribution in [1.29, 1.82) is 0 Å². The third kappa shape index (κ3) is 7.93. The van der Waals surface area contributed by atoms with Gasteiger partial charge < -0.3 is 14.9 Å². The SMILES string of the molecule is O=C(NCCCC[PH](c1ccccc1)(c1ccccc1)c1ccccc1)c1ccc[n+]([C@@H]2O[C@H](COP(=O)(O)O)[C@@H](O)[C@H]2O)c1. The molecule has 0 saturated carbocycles. The predicted octanol–water partition coefficient (Wildman–Crippen LogP) is 1.94. The first-order valence-corrected chi connectivity index (χ1v) is 18.6. The van der Waals surface area contributed by atoms with Crippen LogP contribution in [-0.2, 0) is 13.8 Å². The first-order chi connectivity index (χ1) is 21.7. The number of ether oxygens (including phenoxy) is 1. The first kappa shape index (κ1) is 33.1. The van der Waals surface area contributed by atoms with Crippen LogP contribution in [0.25, 0.3) is 0 Å². The van der Waals surface area contributed by atoms with E-state index in [1.807, 2.05) is 18.2 Å². The first-order valence-electron chi connectivity index (χ1n) is 14.9. The van der Waals surface area contributed by atoms with Crippen molar-refractivity contribution < 1.29 is 43.2 Å². The van der Waals surface area contributed by atoms with Crippen LogP contribution in [0.1, 0.15) is 29.4 Å². The van der Waals surface area contributed by atoms with Crippen LogP contribution in [0.3, 0.4) is 0 Å². The molecule has 5 N–H and O–H groups in total. The Morgan fingerprint density at radius 1 is 0.822 bits per heavy atom. The van der Waals surface area contributed by atoms with Crippen molar-refractivity contribution in [1.82, 2.24) is 5.32 Å². The normalized spacial score (nSPS) is 20.5. The average Bonchev–Trinajstić information content (AvgIpc) is 3.35. The summed E-state index contributed by atoms with van der Waals surface area (Å²) in [5, 5.41) is 27.8. The Morgan fingerprint density at radius 3 is 1.91 bits per heavy atom. The molecule has 0 aliphatic carbocycles. The Bertz CT molecular complexity index is 1490. The van der Waals surface area contributed by atoms with Crippen molar-refractivity contribution in [2.45, 2.75) is 37.4 Å². The molecule has 0 unspecified atom stereocenters. The maximum absolute atomic E-state index is 13.1. The topological polar surface area (TPSA) is 149 Å². The van der Waals surface area contributed by atoms with Gasteiger partial charge in [0.25, 0.3) is 0 Å². The Balaban J connectivity index is 1.23. The minimum atomic E-state index is -4.78. The number of phosphoric acid groups is 1. The van der Waals surface area contributed by atoms with Crippen molar-refractivity contribution in [2.24, 2.45) is 0 Å². The number of phosphoric ester groups is 1. The van der Waals surface area contributed by atoms with Gasteiger partial charge in [-0.1, -0.05) is 0 Å². The number of aliphatic hydroxyl groups excluding tert-OH is 2. The van der Waals surface area contributed by atoms with Crippen LogP contribution in [0.15, 0.2) is 116 Å². The number of nitrogens with one attached hydrogen (secondary N) is 1. The number of hydrogen-bond acceptors (Lipinski definition) is 6. The third-order valence-corrected chi connectivity index (χ3v) is 13.7. The van der Waals surface area contributed by atoms with Crippen molar-refractivity contribution in [3.63, 3.8) is 0 Å². The molecule has 3 aromatic carbocycles. The van der Waals surface area contributed by atoms with Gasteiger partial charge in [0.2, 0.25) is 0 Å². The van der Waals surface area contributed by atoms with E-state index < -0.39 is 46.2 Å². The number of carbonyl (C=O) groups excluding carboxylic acids is 1. The van der Waals surface area contributed by atoms with E-state index >= 15 is 0 Å². The Morgan fingerprint density at radius 2 is 1.38 bits per heavy atom. The zero-order chi connectivity index (χ0) is 31.9. The summed E-state index contributed by atoms with van der Waals surface area (Å²) in [7, 11) is -7.13. The van der Waals surface area contributed by atoms with E-state index in [0.29, 0.717) is 12.1 Å². The molecule has 1 fully saturated rings. The monoisotopic (exact) mass is 653 g/mol. The molecule has 1 amide bonds. The summed E-state index contributed by atoms with van der Waals surface area (Å²) < 4.78 is 22.5. The van der Waals surface area contributed by atoms with E-state index in [0.717, 1.165) is 19.0 Å². The molecule has 1 aliphatic heterocycles. The number of pyridine rings is 1. The summed E-state index contributed by atoms with van der Waals surface area (Å²) in [6, 6.07) is 35.4. The number of aliphatic hydroxyl groups is 2. The zero-order valence-electron chi connectivity index (χ0n) is 24.6. The molecule has 12 heteroatoms. The molecular formula is C33H39N2O8P2+. The number of rotatable bonds is 13. The predicted molar refractivity (Wildman–Crippen MR) is 174 cm³/mol. The van der Waals surface area contributed by atoms with Crippen LogP contribution >= 0.6 is 15.1 Å². The van der Waals surface area contributed by atoms with Gasteiger partial charge in [-0.3, -0.25) is 4.52 Å². The van der Waals surface area contributed by atoms with Crippen LogP contribution in [0.4, 0.5) is 0 Å². The zero-order valence-corrected chi connectivity index (χ0v) is 26.5. The van der Waals surface area contributed by atoms with E-state index in [2.05, 4.69) is 82.6 Å². The van der Waals surface area contributed by atoms with Gasteiger partial charge in [-0.25, -0.2) is 4.57 Å². The standard InChI is InChI=1S/C33H38N2O8P2/c36-30-29(24-42-45(39,40)41)43-33(31(30)37)35-21-12-13-25(23-35)32(38)34-20-10-11-22-44(26-14-4-1-5-15-26,27-16-6-2-7-17-27)28-18-8-3-9-19-28/h1-9,12-19,21,23,29-31,33,36-37,44H,10-11,20,22,24H2,(H2-,34,38,39,40,41)/p+1/t29-,30-,31-,33-/m1/s1. The summed E-state index contributed by atoms with van der Waals surface area (Å²) >= 11 is 0. The van der Waals surface area contributed by atoms with Crippen LogP contribution in [0.2, 0.25) is 0 Å². The van der Waals surface area contributed by atoms with Crippen LogP contribution in [-0.4, -0.2) is 63.5 Å². The van der Waals surface area contributed by atoms with Crippen molar-refractivity contribution in [2.75, 3.05) is 19.3 Å². The van der Waals surface area contributed by atoms with Crippen molar-refractivity contribution in [3.05, 3.63) is 121 Å². The van der Waals surface area contributed by atoms with Gasteiger partial charge in [0, 0.05) is 0 Å². The number of hydrogen-bond donors (Lipinski definition) is 5.